The number of carbonyl (C=O) groups excluding carboxylic acids is 1. The van der Waals surface area contributed by atoms with E-state index in [9.17, 15) is 31.1 Å². The van der Waals surface area contributed by atoms with Gasteiger partial charge in [0.15, 0.2) is 5.84 Å². The van der Waals surface area contributed by atoms with Gasteiger partial charge in [0.05, 0.1) is 22.6 Å². The van der Waals surface area contributed by atoms with Crippen LogP contribution in [0.4, 0.5) is 26.3 Å². The Morgan fingerprint density at radius 1 is 1.09 bits per heavy atom. The van der Waals surface area contributed by atoms with Crippen molar-refractivity contribution in [3.63, 3.8) is 0 Å². The molecule has 1 aromatic rings. The van der Waals surface area contributed by atoms with Crippen LogP contribution < -0.4 is 5.73 Å². The van der Waals surface area contributed by atoms with E-state index in [-0.39, 0.29) is 29.9 Å². The first kappa shape index (κ1) is 18.1. The lowest BCUT2D eigenvalue weighted by Gasteiger charge is -2.13. The first-order valence-electron chi connectivity index (χ1n) is 5.34. The molecule has 1 rings (SSSR count). The lowest BCUT2D eigenvalue weighted by Crippen LogP contribution is -2.16. The topological polar surface area (TPSA) is 64.7 Å². The minimum atomic E-state index is -5.07. The monoisotopic (exact) mass is 348 g/mol. The molecule has 1 aromatic carbocycles. The Kier molecular flexibility index (Phi) is 5.28. The van der Waals surface area contributed by atoms with Gasteiger partial charge in [0, 0.05) is 0 Å². The Labute approximate surface area is 124 Å². The maximum Gasteiger partial charge on any atom is 0.416 e. The number of hydrogen-bond acceptors (Lipinski definition) is 3. The predicted molar refractivity (Wildman–Crippen MR) is 64.2 cm³/mol. The van der Waals surface area contributed by atoms with Gasteiger partial charge in [-0.05, 0) is 18.2 Å². The summed E-state index contributed by atoms with van der Waals surface area (Å²) < 4.78 is 75.5. The van der Waals surface area contributed by atoms with Crippen molar-refractivity contribution >= 4 is 23.4 Å². The molecule has 0 aromatic heterocycles. The van der Waals surface area contributed by atoms with Crippen molar-refractivity contribution in [1.82, 2.24) is 0 Å². The molecule has 0 saturated heterocycles. The summed E-state index contributed by atoms with van der Waals surface area (Å²) in [5.74, 6) is -2.26. The Morgan fingerprint density at radius 3 is 1.91 bits per heavy atom. The average molecular weight is 349 g/mol. The summed E-state index contributed by atoms with van der Waals surface area (Å²) in [5, 5.41) is 2.95. The molecule has 0 amide bonds. The first-order valence-corrected chi connectivity index (χ1v) is 5.87. The molecule has 0 bridgehead atoms. The highest BCUT2D eigenvalue weighted by molar-refractivity contribution is 6.27. The van der Waals surface area contributed by atoms with Crippen LogP contribution in [0.5, 0.6) is 0 Å². The smallest absolute Gasteiger partial charge is 0.383 e. The van der Waals surface area contributed by atoms with Gasteiger partial charge in [-0.3, -0.25) is 0 Å². The number of rotatable bonds is 3. The van der Waals surface area contributed by atoms with Gasteiger partial charge in [-0.25, -0.2) is 4.79 Å². The van der Waals surface area contributed by atoms with Crippen molar-refractivity contribution < 1.29 is 36.0 Å². The molecule has 2 N–H and O–H groups in total. The molecular formula is C11H7ClF6N2O2. The van der Waals surface area contributed by atoms with Crippen molar-refractivity contribution in [2.24, 2.45) is 10.9 Å². The molecular weight excluding hydrogens is 342 g/mol. The number of nitrogens with zero attached hydrogens (tertiary/aromatic N) is 1. The predicted octanol–water partition coefficient (Wildman–Crippen LogP) is 3.39. The zero-order chi connectivity index (χ0) is 17.1. The van der Waals surface area contributed by atoms with Crippen LogP contribution in [-0.4, -0.2) is 17.7 Å². The molecule has 122 valence electrons. The Hall–Kier alpha value is -1.97. The normalized spacial score (nSPS) is 13.1. The molecule has 0 aliphatic carbocycles. The van der Waals surface area contributed by atoms with Crippen LogP contribution in [0.3, 0.4) is 0 Å². The maximum absolute atomic E-state index is 12.6. The maximum atomic E-state index is 12.6. The fourth-order valence-electron chi connectivity index (χ4n) is 1.25. The van der Waals surface area contributed by atoms with E-state index < -0.39 is 35.0 Å². The number of nitrogens with two attached hydrogens (primary N) is 1. The quantitative estimate of drug-likeness (QED) is 0.227. The summed E-state index contributed by atoms with van der Waals surface area (Å²) in [6, 6.07) is 0.307. The highest BCUT2D eigenvalue weighted by Gasteiger charge is 2.37. The van der Waals surface area contributed by atoms with E-state index in [4.69, 9.17) is 17.3 Å². The molecule has 0 aliphatic heterocycles. The van der Waals surface area contributed by atoms with Crippen LogP contribution in [0.2, 0.25) is 0 Å². The second-order valence-corrected chi connectivity index (χ2v) is 4.16. The average Bonchev–Trinajstić information content (AvgIpc) is 2.41. The lowest BCUT2D eigenvalue weighted by atomic mass is 10.0. The zero-order valence-electron chi connectivity index (χ0n) is 10.4. The van der Waals surface area contributed by atoms with Gasteiger partial charge in [-0.1, -0.05) is 5.16 Å². The highest BCUT2D eigenvalue weighted by Crippen LogP contribution is 2.36. The summed E-state index contributed by atoms with van der Waals surface area (Å²) in [4.78, 5) is 15.6. The van der Waals surface area contributed by atoms with Gasteiger partial charge in [0.25, 0.3) is 0 Å². The van der Waals surface area contributed by atoms with E-state index in [1.807, 2.05) is 0 Å². The number of hydrogen-bond donors (Lipinski definition) is 1. The van der Waals surface area contributed by atoms with E-state index in [0.717, 1.165) is 0 Å². The van der Waals surface area contributed by atoms with Crippen LogP contribution in [0.1, 0.15) is 21.5 Å². The zero-order valence-corrected chi connectivity index (χ0v) is 11.2. The second-order valence-electron chi connectivity index (χ2n) is 3.89. The number of alkyl halides is 7. The van der Waals surface area contributed by atoms with Crippen LogP contribution in [-0.2, 0) is 17.2 Å². The van der Waals surface area contributed by atoms with Gasteiger partial charge >= 0.3 is 18.3 Å². The molecule has 0 fully saturated rings. The molecule has 4 nitrogen and oxygen atoms in total. The highest BCUT2D eigenvalue weighted by atomic mass is 35.5. The van der Waals surface area contributed by atoms with Gasteiger partial charge in [0.2, 0.25) is 0 Å². The largest absolute Gasteiger partial charge is 0.416 e. The number of benzene rings is 1. The summed E-state index contributed by atoms with van der Waals surface area (Å²) >= 11 is 5.21. The molecule has 0 aliphatic rings. The van der Waals surface area contributed by atoms with Crippen LogP contribution in [0.25, 0.3) is 0 Å². The van der Waals surface area contributed by atoms with Crippen molar-refractivity contribution in [1.29, 1.82) is 0 Å². The van der Waals surface area contributed by atoms with Crippen LogP contribution in [0.15, 0.2) is 23.4 Å². The summed E-state index contributed by atoms with van der Waals surface area (Å²) in [6.07, 6.45) is -10.1. The minimum Gasteiger partial charge on any atom is -0.383 e. The van der Waals surface area contributed by atoms with Gasteiger partial charge in [0.1, 0.15) is 0 Å². The SMILES string of the molecule is NC(CCl)=NOC(=O)c1cc(C(F)(F)F)cc(C(F)(F)F)c1. The summed E-state index contributed by atoms with van der Waals surface area (Å²) in [6.45, 7) is 0. The van der Waals surface area contributed by atoms with E-state index in [1.165, 1.54) is 0 Å². The third-order valence-electron chi connectivity index (χ3n) is 2.21. The molecule has 22 heavy (non-hydrogen) atoms. The first-order chi connectivity index (χ1) is 9.95. The fourth-order valence-corrected chi connectivity index (χ4v) is 1.30. The van der Waals surface area contributed by atoms with Crippen molar-refractivity contribution in [2.45, 2.75) is 12.4 Å². The number of halogens is 7. The summed E-state index contributed by atoms with van der Waals surface area (Å²) in [7, 11) is 0. The molecule has 11 heteroatoms. The Bertz CT molecular complexity index is 565. The van der Waals surface area contributed by atoms with Crippen molar-refractivity contribution in [3.05, 3.63) is 34.9 Å². The summed E-state index contributed by atoms with van der Waals surface area (Å²) in [5.41, 5.74) is 0.801. The second kappa shape index (κ2) is 6.42. The van der Waals surface area contributed by atoms with E-state index in [1.54, 1.807) is 0 Å². The van der Waals surface area contributed by atoms with Gasteiger partial charge < -0.3 is 10.6 Å². The van der Waals surface area contributed by atoms with Gasteiger partial charge in [-0.2, -0.15) is 26.3 Å². The van der Waals surface area contributed by atoms with Crippen LogP contribution >= 0.6 is 11.6 Å². The molecule has 0 saturated carbocycles. The van der Waals surface area contributed by atoms with E-state index in [2.05, 4.69) is 9.99 Å². The molecule has 0 heterocycles. The van der Waals surface area contributed by atoms with Crippen molar-refractivity contribution in [2.75, 3.05) is 5.88 Å². The van der Waals surface area contributed by atoms with E-state index in [0.29, 0.717) is 0 Å². The van der Waals surface area contributed by atoms with Crippen molar-refractivity contribution in [3.8, 4) is 0 Å². The van der Waals surface area contributed by atoms with Gasteiger partial charge in [-0.15, -0.1) is 11.6 Å². The minimum absolute atomic E-state index is 0.118. The third-order valence-corrected chi connectivity index (χ3v) is 2.48. The number of amidine groups is 1. The molecule has 0 atom stereocenters. The number of oxime groups is 1. The molecule has 0 radical (unpaired) electrons. The third kappa shape index (κ3) is 4.79. The standard InChI is InChI=1S/C11H7ClF6N2O2/c12-4-8(19)20-22-9(21)5-1-6(10(13,14)15)3-7(2-5)11(16,17)18/h1-3H,4H2,(H2,19,20). The fraction of sp³-hybridized carbons (Fsp3) is 0.273. The lowest BCUT2D eigenvalue weighted by molar-refractivity contribution is -0.143. The number of carbonyl (C=O) groups is 1. The molecule has 0 unspecified atom stereocenters. The van der Waals surface area contributed by atoms with E-state index >= 15 is 0 Å². The Morgan fingerprint density at radius 2 is 1.55 bits per heavy atom. The Balaban J connectivity index is 3.27. The molecule has 0 spiro atoms. The van der Waals surface area contributed by atoms with Crippen LogP contribution in [0, 0.1) is 0 Å².